The zero-order valence-electron chi connectivity index (χ0n) is 8.36. The van der Waals surface area contributed by atoms with Crippen molar-refractivity contribution in [1.82, 2.24) is 10.2 Å². The van der Waals surface area contributed by atoms with Gasteiger partial charge in [0.15, 0.2) is 0 Å². The van der Waals surface area contributed by atoms with Crippen molar-refractivity contribution in [2.45, 2.75) is 6.54 Å². The molecule has 0 saturated heterocycles. The second kappa shape index (κ2) is 5.95. The smallest absolute Gasteiger partial charge is 0.317 e. The Morgan fingerprint density at radius 1 is 1.67 bits per heavy atom. The number of hydrogen-bond acceptors (Lipinski definition) is 3. The SMILES string of the molecule is CNC(=O)N(CCO)Cc1cscc1Cl. The van der Waals surface area contributed by atoms with E-state index in [4.69, 9.17) is 16.7 Å². The zero-order chi connectivity index (χ0) is 11.3. The topological polar surface area (TPSA) is 52.6 Å². The Morgan fingerprint density at radius 2 is 2.40 bits per heavy atom. The van der Waals surface area contributed by atoms with E-state index in [0.717, 1.165) is 5.56 Å². The molecular weight excluding hydrogens is 236 g/mol. The van der Waals surface area contributed by atoms with Gasteiger partial charge in [-0.1, -0.05) is 11.6 Å². The van der Waals surface area contributed by atoms with Crippen molar-refractivity contribution in [1.29, 1.82) is 0 Å². The number of hydrogen-bond donors (Lipinski definition) is 2. The third kappa shape index (κ3) is 3.37. The van der Waals surface area contributed by atoms with Gasteiger partial charge in [0.2, 0.25) is 0 Å². The maximum Gasteiger partial charge on any atom is 0.317 e. The molecule has 0 aliphatic rings. The monoisotopic (exact) mass is 248 g/mol. The molecule has 1 aromatic rings. The number of carbonyl (C=O) groups is 1. The van der Waals surface area contributed by atoms with Crippen LogP contribution in [0.2, 0.25) is 5.02 Å². The van der Waals surface area contributed by atoms with Gasteiger partial charge in [-0.15, -0.1) is 0 Å². The summed E-state index contributed by atoms with van der Waals surface area (Å²) in [5, 5.41) is 15.7. The number of urea groups is 1. The molecule has 0 bridgehead atoms. The first-order valence-corrected chi connectivity index (χ1v) is 5.79. The number of aliphatic hydroxyl groups excluding tert-OH is 1. The van der Waals surface area contributed by atoms with Gasteiger partial charge in [0.25, 0.3) is 0 Å². The molecule has 0 aromatic carbocycles. The molecule has 0 atom stereocenters. The molecule has 0 saturated carbocycles. The van der Waals surface area contributed by atoms with Crippen molar-refractivity contribution < 1.29 is 9.90 Å². The first-order valence-electron chi connectivity index (χ1n) is 4.47. The second-order valence-corrected chi connectivity index (χ2v) is 4.10. The lowest BCUT2D eigenvalue weighted by molar-refractivity contribution is 0.176. The molecule has 0 aliphatic carbocycles. The van der Waals surface area contributed by atoms with Crippen molar-refractivity contribution in [2.75, 3.05) is 20.2 Å². The fraction of sp³-hybridized carbons (Fsp3) is 0.444. The summed E-state index contributed by atoms with van der Waals surface area (Å²) in [6, 6.07) is -0.216. The standard InChI is InChI=1S/C9H13ClN2O2S/c1-11-9(14)12(2-3-13)4-7-5-15-6-8(7)10/h5-6,13H,2-4H2,1H3,(H,11,14). The summed E-state index contributed by atoms with van der Waals surface area (Å²) >= 11 is 7.41. The van der Waals surface area contributed by atoms with Gasteiger partial charge in [0, 0.05) is 31.1 Å². The zero-order valence-corrected chi connectivity index (χ0v) is 9.94. The summed E-state index contributed by atoms with van der Waals surface area (Å²) < 4.78 is 0. The molecule has 1 aromatic heterocycles. The number of nitrogens with one attached hydrogen (secondary N) is 1. The van der Waals surface area contributed by atoms with E-state index in [1.165, 1.54) is 16.2 Å². The van der Waals surface area contributed by atoms with E-state index in [9.17, 15) is 4.79 Å². The molecule has 2 amide bonds. The number of nitrogens with zero attached hydrogens (tertiary/aromatic N) is 1. The summed E-state index contributed by atoms with van der Waals surface area (Å²) in [6.45, 7) is 0.656. The molecule has 4 nitrogen and oxygen atoms in total. The van der Waals surface area contributed by atoms with E-state index in [1.54, 1.807) is 7.05 Å². The average molecular weight is 249 g/mol. The van der Waals surface area contributed by atoms with Crippen LogP contribution in [0.1, 0.15) is 5.56 Å². The molecular formula is C9H13ClN2O2S. The maximum atomic E-state index is 11.4. The lowest BCUT2D eigenvalue weighted by Crippen LogP contribution is -2.39. The molecule has 0 unspecified atom stereocenters. The Hall–Kier alpha value is -0.780. The Balaban J connectivity index is 2.66. The number of thiophene rings is 1. The summed E-state index contributed by atoms with van der Waals surface area (Å²) in [4.78, 5) is 12.9. The predicted octanol–water partition coefficient (Wildman–Crippen LogP) is 1.54. The number of carbonyl (C=O) groups excluding carboxylic acids is 1. The summed E-state index contributed by atoms with van der Waals surface area (Å²) in [5.74, 6) is 0. The summed E-state index contributed by atoms with van der Waals surface area (Å²) in [5.41, 5.74) is 0.902. The van der Waals surface area contributed by atoms with Crippen LogP contribution in [-0.4, -0.2) is 36.2 Å². The van der Waals surface area contributed by atoms with Crippen LogP contribution in [0, 0.1) is 0 Å². The van der Waals surface area contributed by atoms with Gasteiger partial charge < -0.3 is 15.3 Å². The Labute approximate surface area is 97.5 Å². The highest BCUT2D eigenvalue weighted by Gasteiger charge is 2.13. The number of halogens is 1. The number of rotatable bonds is 4. The summed E-state index contributed by atoms with van der Waals surface area (Å²) in [6.07, 6.45) is 0. The highest BCUT2D eigenvalue weighted by Crippen LogP contribution is 2.21. The van der Waals surface area contributed by atoms with Crippen LogP contribution in [-0.2, 0) is 6.54 Å². The fourth-order valence-corrected chi connectivity index (χ4v) is 2.20. The highest BCUT2D eigenvalue weighted by atomic mass is 35.5. The van der Waals surface area contributed by atoms with Crippen LogP contribution < -0.4 is 5.32 Å². The minimum Gasteiger partial charge on any atom is -0.395 e. The van der Waals surface area contributed by atoms with Crippen molar-refractivity contribution in [2.24, 2.45) is 0 Å². The molecule has 0 spiro atoms. The van der Waals surface area contributed by atoms with Crippen LogP contribution in [0.5, 0.6) is 0 Å². The maximum absolute atomic E-state index is 11.4. The molecule has 0 aliphatic heterocycles. The van der Waals surface area contributed by atoms with Gasteiger partial charge in [-0.3, -0.25) is 0 Å². The van der Waals surface area contributed by atoms with E-state index in [2.05, 4.69) is 5.32 Å². The minimum absolute atomic E-state index is 0.0603. The van der Waals surface area contributed by atoms with E-state index in [0.29, 0.717) is 18.1 Å². The molecule has 2 N–H and O–H groups in total. The van der Waals surface area contributed by atoms with Crippen LogP contribution >= 0.6 is 22.9 Å². The lowest BCUT2D eigenvalue weighted by Gasteiger charge is -2.20. The lowest BCUT2D eigenvalue weighted by atomic mass is 10.3. The molecule has 0 radical (unpaired) electrons. The van der Waals surface area contributed by atoms with Crippen molar-refractivity contribution in [3.8, 4) is 0 Å². The number of amides is 2. The van der Waals surface area contributed by atoms with Crippen molar-refractivity contribution in [3.05, 3.63) is 21.3 Å². The van der Waals surface area contributed by atoms with Crippen LogP contribution in [0.3, 0.4) is 0 Å². The Bertz CT molecular complexity index is 330. The third-order valence-corrected chi connectivity index (χ3v) is 3.19. The first-order chi connectivity index (χ1) is 7.19. The molecule has 6 heteroatoms. The van der Waals surface area contributed by atoms with Crippen molar-refractivity contribution >= 4 is 29.0 Å². The van der Waals surface area contributed by atoms with Crippen LogP contribution in [0.15, 0.2) is 10.8 Å². The Morgan fingerprint density at radius 3 is 2.87 bits per heavy atom. The van der Waals surface area contributed by atoms with Gasteiger partial charge in [-0.05, 0) is 5.38 Å². The van der Waals surface area contributed by atoms with Crippen molar-refractivity contribution in [3.63, 3.8) is 0 Å². The molecule has 1 rings (SSSR count). The van der Waals surface area contributed by atoms with E-state index < -0.39 is 0 Å². The van der Waals surface area contributed by atoms with E-state index in [1.807, 2.05) is 10.8 Å². The van der Waals surface area contributed by atoms with E-state index >= 15 is 0 Å². The predicted molar refractivity (Wildman–Crippen MR) is 61.3 cm³/mol. The van der Waals surface area contributed by atoms with Gasteiger partial charge in [0.05, 0.1) is 11.6 Å². The highest BCUT2D eigenvalue weighted by molar-refractivity contribution is 7.08. The van der Waals surface area contributed by atoms with Gasteiger partial charge in [0.1, 0.15) is 0 Å². The second-order valence-electron chi connectivity index (χ2n) is 2.95. The molecule has 15 heavy (non-hydrogen) atoms. The van der Waals surface area contributed by atoms with Gasteiger partial charge in [-0.2, -0.15) is 11.3 Å². The molecule has 0 fully saturated rings. The largest absolute Gasteiger partial charge is 0.395 e. The molecule has 1 heterocycles. The van der Waals surface area contributed by atoms with Gasteiger partial charge in [-0.25, -0.2) is 4.79 Å². The fourth-order valence-electron chi connectivity index (χ4n) is 1.16. The normalized spacial score (nSPS) is 10.1. The first kappa shape index (κ1) is 12.3. The molecule has 84 valence electrons. The Kier molecular flexibility index (Phi) is 4.87. The third-order valence-electron chi connectivity index (χ3n) is 1.92. The van der Waals surface area contributed by atoms with Gasteiger partial charge >= 0.3 is 6.03 Å². The summed E-state index contributed by atoms with van der Waals surface area (Å²) in [7, 11) is 1.56. The van der Waals surface area contributed by atoms with Crippen LogP contribution in [0.4, 0.5) is 4.79 Å². The quantitative estimate of drug-likeness (QED) is 0.849. The average Bonchev–Trinajstić information content (AvgIpc) is 2.63. The minimum atomic E-state index is -0.216. The van der Waals surface area contributed by atoms with Crippen LogP contribution in [0.25, 0.3) is 0 Å². The van der Waals surface area contributed by atoms with E-state index in [-0.39, 0.29) is 12.6 Å². The number of aliphatic hydroxyl groups is 1.